The van der Waals surface area contributed by atoms with Gasteiger partial charge < -0.3 is 4.90 Å². The van der Waals surface area contributed by atoms with Crippen LogP contribution in [0.2, 0.25) is 0 Å². The predicted octanol–water partition coefficient (Wildman–Crippen LogP) is 2.68. The van der Waals surface area contributed by atoms with Crippen LogP contribution in [0.1, 0.15) is 64.9 Å². The van der Waals surface area contributed by atoms with Crippen molar-refractivity contribution in [3.05, 3.63) is 29.7 Å². The molecule has 1 atom stereocenters. The standard InChI is InChI=1S/C15H23NO2S/c1-3-9-16-10-5-7-14(12-16)13-6-4-8-15(11-13)19(2,17)18/h4,6,8,11,14H,3,5,7,9-10,12H2,1-2H3/t14-/m1/s1/i2D3,3D2,4D,5D2,6D,7D2,8D,9D2,10D2,11D,12D2,14D. The Balaban J connectivity index is 3.33. The first-order valence-corrected chi connectivity index (χ1v) is 6.40. The summed E-state index contributed by atoms with van der Waals surface area (Å²) in [6.07, 6.45) is -15.7. The summed E-state index contributed by atoms with van der Waals surface area (Å²) in [5.41, 5.74) is -1.79. The lowest BCUT2D eigenvalue weighted by atomic mass is 9.90. The number of sulfone groups is 1. The summed E-state index contributed by atoms with van der Waals surface area (Å²) in [5.74, 6) is -4.26. The smallest absolute Gasteiger partial charge is 0.175 e. The van der Waals surface area contributed by atoms with E-state index in [2.05, 4.69) is 0 Å². The SMILES string of the molecule is [2H]c1c([2H])c([C@@]2([2H])C([2H])([2H])N(C([2H])([2H])C([2H])([2H])C)C([2H])([2H])C([2H])([2H])C2([2H])[2H])c([2H])c(S(=O)(=O)C([2H])([2H])[2H])c1[2H]. The highest BCUT2D eigenvalue weighted by Gasteiger charge is 2.21. The minimum atomic E-state index is -5.78. The Labute approximate surface area is 144 Å². The molecule has 0 aromatic heterocycles. The predicted molar refractivity (Wildman–Crippen MR) is 78.3 cm³/mol. The second-order valence-electron chi connectivity index (χ2n) is 3.25. The van der Waals surface area contributed by atoms with Crippen molar-refractivity contribution in [2.75, 3.05) is 25.7 Å². The lowest BCUT2D eigenvalue weighted by Gasteiger charge is -2.32. The van der Waals surface area contributed by atoms with Gasteiger partial charge in [0, 0.05) is 34.6 Å². The van der Waals surface area contributed by atoms with Crippen LogP contribution in [0.15, 0.2) is 29.1 Å². The largest absolute Gasteiger partial charge is 0.303 e. The monoisotopic (exact) mass is 301 g/mol. The van der Waals surface area contributed by atoms with E-state index in [9.17, 15) is 8.42 Å². The van der Waals surface area contributed by atoms with Crippen LogP contribution in [-0.4, -0.2) is 39.0 Å². The van der Waals surface area contributed by atoms with Crippen LogP contribution in [-0.2, 0) is 9.84 Å². The van der Waals surface area contributed by atoms with Crippen LogP contribution in [0, 0.1) is 0 Å². The molecule has 1 aromatic rings. The third-order valence-electron chi connectivity index (χ3n) is 1.92. The first-order valence-electron chi connectivity index (χ1n) is 14.9. The van der Waals surface area contributed by atoms with Gasteiger partial charge in [-0.25, -0.2) is 8.42 Å². The normalized spacial score (nSPS) is 53.5. The summed E-state index contributed by atoms with van der Waals surface area (Å²) >= 11 is 0. The van der Waals surface area contributed by atoms with Gasteiger partial charge in [0.1, 0.15) is 0 Å². The first-order chi connectivity index (χ1) is 16.8. The first kappa shape index (κ1) is 3.47. The third-order valence-corrected chi connectivity index (χ3v) is 2.66. The fourth-order valence-electron chi connectivity index (χ4n) is 1.19. The van der Waals surface area contributed by atoms with Crippen LogP contribution in [0.5, 0.6) is 0 Å². The van der Waals surface area contributed by atoms with E-state index in [1.54, 1.807) is 0 Å². The average Bonchev–Trinajstić information content (AvgIpc) is 2.68. The molecule has 0 amide bonds. The van der Waals surface area contributed by atoms with Gasteiger partial charge in [-0.2, -0.15) is 0 Å². The Morgan fingerprint density at radius 2 is 2.53 bits per heavy atom. The molecule has 3 nitrogen and oxygen atoms in total. The van der Waals surface area contributed by atoms with Crippen molar-refractivity contribution >= 4 is 9.84 Å². The van der Waals surface area contributed by atoms with Crippen LogP contribution in [0.3, 0.4) is 0 Å². The maximum absolute atomic E-state index is 12.8. The van der Waals surface area contributed by atoms with E-state index in [0.29, 0.717) is 6.92 Å². The zero-order valence-electron chi connectivity index (χ0n) is 29.7. The minimum absolute atomic E-state index is 0.507. The average molecular weight is 302 g/mol. The molecule has 2 rings (SSSR count). The fourth-order valence-corrected chi connectivity index (χ4v) is 1.61. The third kappa shape index (κ3) is 3.80. The molecule has 0 unspecified atom stereocenters. The number of piperidine rings is 1. The molecular formula is C15H23NO2S. The van der Waals surface area contributed by atoms with E-state index >= 15 is 0 Å². The van der Waals surface area contributed by atoms with E-state index in [-0.39, 0.29) is 0 Å². The van der Waals surface area contributed by atoms with E-state index in [1.165, 1.54) is 0 Å². The molecule has 4 heteroatoms. The number of rotatable bonds is 4. The zero-order chi connectivity index (χ0) is 31.5. The summed E-state index contributed by atoms with van der Waals surface area (Å²) in [5, 5.41) is 0. The molecule has 0 radical (unpaired) electrons. The number of hydrogen-bond donors (Lipinski definition) is 0. The van der Waals surface area contributed by atoms with Crippen LogP contribution >= 0.6 is 0 Å². The van der Waals surface area contributed by atoms with Crippen molar-refractivity contribution in [1.29, 1.82) is 0 Å². The molecule has 1 saturated heterocycles. The van der Waals surface area contributed by atoms with Gasteiger partial charge in [0.15, 0.2) is 9.84 Å². The van der Waals surface area contributed by atoms with Gasteiger partial charge in [-0.3, -0.25) is 0 Å². The quantitative estimate of drug-likeness (QED) is 0.858. The van der Waals surface area contributed by atoms with Crippen LogP contribution in [0.25, 0.3) is 0 Å². The Hall–Kier alpha value is -0.870. The summed E-state index contributed by atoms with van der Waals surface area (Å²) < 4.78 is 187. The van der Waals surface area contributed by atoms with E-state index in [4.69, 9.17) is 27.4 Å². The summed E-state index contributed by atoms with van der Waals surface area (Å²) in [6, 6.07) is -6.52. The number of nitrogens with zero attached hydrogens (tertiary/aromatic N) is 1. The van der Waals surface area contributed by atoms with Gasteiger partial charge in [-0.15, -0.1) is 0 Å². The summed E-state index contributed by atoms with van der Waals surface area (Å²) in [4.78, 5) is -2.60. The molecule has 1 heterocycles. The molecule has 0 saturated carbocycles. The Kier molecular flexibility index (Phi) is 1.11. The molecule has 1 aliphatic rings. The summed E-state index contributed by atoms with van der Waals surface area (Å²) in [6.45, 7) is -11.8. The zero-order valence-corrected chi connectivity index (χ0v) is 10.5. The molecule has 0 aliphatic carbocycles. The van der Waals surface area contributed by atoms with Gasteiger partial charge in [-0.05, 0) is 55.7 Å². The van der Waals surface area contributed by atoms with E-state index in [0.717, 1.165) is 0 Å². The van der Waals surface area contributed by atoms with Crippen molar-refractivity contribution in [2.24, 2.45) is 0 Å². The van der Waals surface area contributed by atoms with Crippen LogP contribution in [0.4, 0.5) is 0 Å². The second kappa shape index (κ2) is 6.06. The van der Waals surface area contributed by atoms with Gasteiger partial charge in [0.2, 0.25) is 0 Å². The van der Waals surface area contributed by atoms with Crippen LogP contribution < -0.4 is 0 Å². The molecular weight excluding hydrogens is 258 g/mol. The maximum Gasteiger partial charge on any atom is 0.175 e. The fraction of sp³-hybridized carbons (Fsp3) is 0.600. The lowest BCUT2D eigenvalue weighted by Crippen LogP contribution is -2.34. The molecule has 1 aliphatic heterocycles. The van der Waals surface area contributed by atoms with Crippen molar-refractivity contribution in [3.63, 3.8) is 0 Å². The Morgan fingerprint density at radius 1 is 1.68 bits per heavy atom. The van der Waals surface area contributed by atoms with Crippen molar-refractivity contribution in [3.8, 4) is 0 Å². The number of hydrogen-bond acceptors (Lipinski definition) is 3. The molecule has 1 aromatic carbocycles. The molecule has 106 valence electrons. The minimum Gasteiger partial charge on any atom is -0.303 e. The van der Waals surface area contributed by atoms with Crippen molar-refractivity contribution in [1.82, 2.24) is 4.90 Å². The van der Waals surface area contributed by atoms with Gasteiger partial charge in [-0.1, -0.05) is 19.0 Å². The highest BCUT2D eigenvalue weighted by molar-refractivity contribution is 7.90. The highest BCUT2D eigenvalue weighted by atomic mass is 32.2. The van der Waals surface area contributed by atoms with Gasteiger partial charge in [0.05, 0.1) is 10.4 Å². The highest BCUT2D eigenvalue weighted by Crippen LogP contribution is 2.28. The van der Waals surface area contributed by atoms with Crippen molar-refractivity contribution < 1.29 is 35.8 Å². The molecule has 0 spiro atoms. The van der Waals surface area contributed by atoms with Gasteiger partial charge >= 0.3 is 0 Å². The summed E-state index contributed by atoms with van der Waals surface area (Å²) in [7, 11) is -5.78. The van der Waals surface area contributed by atoms with Gasteiger partial charge in [0.25, 0.3) is 0 Å². The maximum atomic E-state index is 12.8. The lowest BCUT2D eigenvalue weighted by molar-refractivity contribution is 0.208. The number of benzene rings is 1. The second-order valence-corrected chi connectivity index (χ2v) is 4.67. The number of likely N-dealkylation sites (tertiary alicyclic amines) is 1. The molecule has 1 fully saturated rings. The van der Waals surface area contributed by atoms with E-state index in [1.807, 2.05) is 0 Å². The molecule has 19 heavy (non-hydrogen) atoms. The van der Waals surface area contributed by atoms with E-state index < -0.39 is 100 Å². The Morgan fingerprint density at radius 3 is 3.26 bits per heavy atom. The molecule has 0 bridgehead atoms. The topological polar surface area (TPSA) is 37.4 Å². The van der Waals surface area contributed by atoms with Crippen molar-refractivity contribution in [2.45, 2.75) is 36.8 Å². The molecule has 0 N–H and O–H groups in total. The Bertz CT molecular complexity index is 1300.